The van der Waals surface area contributed by atoms with Crippen LogP contribution in [0.15, 0.2) is 9.94 Å². The Morgan fingerprint density at radius 1 is 1.78 bits per heavy atom. The number of rotatable bonds is 1. The van der Waals surface area contributed by atoms with Gasteiger partial charge in [0.15, 0.2) is 0 Å². The first kappa shape index (κ1) is 8.54. The van der Waals surface area contributed by atoms with Crippen LogP contribution >= 0.6 is 24.2 Å². The van der Waals surface area contributed by atoms with Gasteiger partial charge in [-0.2, -0.15) is 5.26 Å². The van der Waals surface area contributed by atoms with Crippen LogP contribution in [0.1, 0.15) is 6.92 Å². The first-order chi connectivity index (χ1) is 4.09. The van der Waals surface area contributed by atoms with Crippen molar-refractivity contribution in [2.45, 2.75) is 6.92 Å². The van der Waals surface area contributed by atoms with Crippen molar-refractivity contribution in [3.63, 3.8) is 0 Å². The molecule has 0 saturated carbocycles. The van der Waals surface area contributed by atoms with Gasteiger partial charge in [-0.05, 0) is 6.92 Å². The summed E-state index contributed by atoms with van der Waals surface area (Å²) in [4.78, 5) is 0. The third-order valence-electron chi connectivity index (χ3n) is 0.693. The zero-order valence-electron chi connectivity index (χ0n) is 4.77. The van der Waals surface area contributed by atoms with Crippen molar-refractivity contribution in [2.75, 3.05) is 0 Å². The average Bonchev–Trinajstić information content (AvgIpc) is 1.64. The number of nitrogens with one attached hydrogen (secondary N) is 1. The van der Waals surface area contributed by atoms with Crippen molar-refractivity contribution in [1.29, 1.82) is 10.7 Å². The molecule has 2 nitrogen and oxygen atoms in total. The fraction of sp³-hybridized carbons (Fsp3) is 0.200. The van der Waals surface area contributed by atoms with E-state index in [9.17, 15) is 0 Å². The molecule has 4 heteroatoms. The fourth-order valence-corrected chi connectivity index (χ4v) is 0.686. The van der Waals surface area contributed by atoms with Gasteiger partial charge in [-0.3, -0.25) is 0 Å². The van der Waals surface area contributed by atoms with Gasteiger partial charge >= 0.3 is 0 Å². The molecular weight excluding hydrogens is 156 g/mol. The first-order valence-corrected chi connectivity index (χ1v) is 2.96. The topological polar surface area (TPSA) is 47.6 Å². The summed E-state index contributed by atoms with van der Waals surface area (Å²) in [5.74, 6) is 0. The predicted molar refractivity (Wildman–Crippen MR) is 40.9 cm³/mol. The average molecular weight is 161 g/mol. The highest BCUT2D eigenvalue weighted by molar-refractivity contribution is 7.86. The molecule has 0 fully saturated rings. The van der Waals surface area contributed by atoms with E-state index < -0.39 is 0 Å². The second kappa shape index (κ2) is 3.54. The zero-order valence-corrected chi connectivity index (χ0v) is 6.42. The molecule has 0 heterocycles. The van der Waals surface area contributed by atoms with Gasteiger partial charge in [-0.15, -0.1) is 12.6 Å². The molecule has 0 aliphatic heterocycles. The van der Waals surface area contributed by atoms with Gasteiger partial charge in [0.2, 0.25) is 0 Å². The molecule has 0 amide bonds. The molecule has 0 aromatic heterocycles. The summed E-state index contributed by atoms with van der Waals surface area (Å²) in [5, 5.41) is 15.3. The number of thiol groups is 1. The van der Waals surface area contributed by atoms with Crippen LogP contribution in [0.5, 0.6) is 0 Å². The summed E-state index contributed by atoms with van der Waals surface area (Å²) in [6, 6.07) is 1.75. The third kappa shape index (κ3) is 2.54. The molecule has 0 unspecified atom stereocenters. The molecule has 9 heavy (non-hydrogen) atoms. The van der Waals surface area contributed by atoms with Gasteiger partial charge in [-0.25, -0.2) is 0 Å². The van der Waals surface area contributed by atoms with Crippen molar-refractivity contribution < 1.29 is 0 Å². The second-order valence-corrected chi connectivity index (χ2v) is 2.49. The van der Waals surface area contributed by atoms with Crippen molar-refractivity contribution in [2.24, 2.45) is 0 Å². The van der Waals surface area contributed by atoms with Crippen LogP contribution < -0.4 is 0 Å². The van der Waals surface area contributed by atoms with Crippen molar-refractivity contribution >= 4 is 29.9 Å². The molecule has 0 rings (SSSR count). The predicted octanol–water partition coefficient (Wildman–Crippen LogP) is 1.93. The number of nitriles is 1. The van der Waals surface area contributed by atoms with Crippen LogP contribution in [0, 0.1) is 16.7 Å². The Hall–Kier alpha value is -0.460. The van der Waals surface area contributed by atoms with E-state index in [1.807, 2.05) is 0 Å². The van der Waals surface area contributed by atoms with Crippen molar-refractivity contribution in [1.82, 2.24) is 0 Å². The summed E-state index contributed by atoms with van der Waals surface area (Å²) in [6.07, 6.45) is 0. The molecule has 0 bridgehead atoms. The molecule has 0 saturated heterocycles. The second-order valence-electron chi connectivity index (χ2n) is 1.40. The Kier molecular flexibility index (Phi) is 3.36. The summed E-state index contributed by atoms with van der Waals surface area (Å²) in [7, 11) is 0. The van der Waals surface area contributed by atoms with Gasteiger partial charge in [0, 0.05) is 5.71 Å². The minimum Gasteiger partial charge on any atom is -0.304 e. The van der Waals surface area contributed by atoms with Crippen LogP contribution in [0.2, 0.25) is 0 Å². The highest BCUT2D eigenvalue weighted by atomic mass is 35.5. The lowest BCUT2D eigenvalue weighted by molar-refractivity contribution is 1.45. The number of nitrogens with zero attached hydrogens (tertiary/aromatic N) is 1. The van der Waals surface area contributed by atoms with Crippen molar-refractivity contribution in [3.8, 4) is 6.07 Å². The Morgan fingerprint density at radius 2 is 2.22 bits per heavy atom. The number of hydrogen-bond acceptors (Lipinski definition) is 3. The highest BCUT2D eigenvalue weighted by Gasteiger charge is 2.00. The Labute approximate surface area is 64.0 Å². The van der Waals surface area contributed by atoms with Gasteiger partial charge in [-0.1, -0.05) is 11.6 Å². The van der Waals surface area contributed by atoms with E-state index in [1.165, 1.54) is 6.92 Å². The minimum atomic E-state index is 0.0741. The van der Waals surface area contributed by atoms with Crippen LogP contribution in [-0.2, 0) is 0 Å². The number of hydrogen-bond donors (Lipinski definition) is 2. The summed E-state index contributed by atoms with van der Waals surface area (Å²) in [5.41, 5.74) is 0.262. The lowest BCUT2D eigenvalue weighted by Gasteiger charge is -1.91. The molecule has 0 aliphatic carbocycles. The normalized spacial score (nSPS) is 11.8. The van der Waals surface area contributed by atoms with E-state index in [1.54, 1.807) is 6.07 Å². The van der Waals surface area contributed by atoms with Gasteiger partial charge in [0.25, 0.3) is 0 Å². The van der Waals surface area contributed by atoms with Gasteiger partial charge in [0.05, 0.1) is 9.94 Å². The lowest BCUT2D eigenvalue weighted by atomic mass is 10.2. The summed E-state index contributed by atoms with van der Waals surface area (Å²) >= 11 is 9.01. The molecule has 1 N–H and O–H groups in total. The summed E-state index contributed by atoms with van der Waals surface area (Å²) in [6.45, 7) is 1.48. The summed E-state index contributed by atoms with van der Waals surface area (Å²) < 4.78 is 0.0741. The molecule has 0 aliphatic rings. The lowest BCUT2D eigenvalue weighted by Crippen LogP contribution is -1.91. The van der Waals surface area contributed by atoms with E-state index in [4.69, 9.17) is 22.3 Å². The van der Waals surface area contributed by atoms with Crippen LogP contribution in [0.3, 0.4) is 0 Å². The van der Waals surface area contributed by atoms with E-state index >= 15 is 0 Å². The van der Waals surface area contributed by atoms with Gasteiger partial charge < -0.3 is 5.41 Å². The Bertz CT molecular complexity index is 197. The SMILES string of the molecule is CC(=N)/C(C#N)=C(\S)Cl. The molecule has 0 aromatic rings. The molecule has 0 radical (unpaired) electrons. The molecular formula is C5H5ClN2S. The van der Waals surface area contributed by atoms with E-state index in [0.29, 0.717) is 0 Å². The molecule has 0 spiro atoms. The maximum Gasteiger partial charge on any atom is 0.103 e. The minimum absolute atomic E-state index is 0.0741. The monoisotopic (exact) mass is 160 g/mol. The molecule has 0 atom stereocenters. The van der Waals surface area contributed by atoms with E-state index in [0.717, 1.165) is 0 Å². The maximum absolute atomic E-state index is 8.28. The van der Waals surface area contributed by atoms with E-state index in [-0.39, 0.29) is 15.6 Å². The van der Waals surface area contributed by atoms with Crippen molar-refractivity contribution in [3.05, 3.63) is 9.94 Å². The van der Waals surface area contributed by atoms with Crippen LogP contribution in [0.4, 0.5) is 0 Å². The fourth-order valence-electron chi connectivity index (χ4n) is 0.285. The molecule has 0 aromatic carbocycles. The third-order valence-corrected chi connectivity index (χ3v) is 1.11. The smallest absolute Gasteiger partial charge is 0.103 e. The maximum atomic E-state index is 8.28. The Morgan fingerprint density at radius 3 is 2.22 bits per heavy atom. The van der Waals surface area contributed by atoms with E-state index in [2.05, 4.69) is 12.6 Å². The number of allylic oxidation sites excluding steroid dienone is 1. The quantitative estimate of drug-likeness (QED) is 0.344. The number of halogens is 1. The van der Waals surface area contributed by atoms with Gasteiger partial charge in [0.1, 0.15) is 6.07 Å². The molecule has 48 valence electrons. The zero-order chi connectivity index (χ0) is 7.44. The first-order valence-electron chi connectivity index (χ1n) is 2.14. The van der Waals surface area contributed by atoms with Crippen LogP contribution in [-0.4, -0.2) is 5.71 Å². The highest BCUT2D eigenvalue weighted by Crippen LogP contribution is 2.13. The standard InChI is InChI=1S/C5H5ClN2S/c1-3(8)4(2-7)5(6)9/h8-9H,1H3/b5-4-,8-3?. The largest absolute Gasteiger partial charge is 0.304 e. The van der Waals surface area contributed by atoms with Crippen LogP contribution in [0.25, 0.3) is 0 Å². The Balaban J connectivity index is 4.62.